The van der Waals surface area contributed by atoms with E-state index in [0.29, 0.717) is 137 Å². The van der Waals surface area contributed by atoms with Crippen LogP contribution in [-0.4, -0.2) is 132 Å². The second kappa shape index (κ2) is 31.5. The van der Waals surface area contributed by atoms with Crippen LogP contribution in [0.4, 0.5) is 5.69 Å². The van der Waals surface area contributed by atoms with Gasteiger partial charge in [-0.15, -0.1) is 5.10 Å². The summed E-state index contributed by atoms with van der Waals surface area (Å²) in [7, 11) is 0. The van der Waals surface area contributed by atoms with Crippen LogP contribution < -0.4 is 5.32 Å². The van der Waals surface area contributed by atoms with E-state index in [1.807, 2.05) is 44.3 Å². The van der Waals surface area contributed by atoms with E-state index in [1.54, 1.807) is 4.68 Å². The molecule has 53 heavy (non-hydrogen) atoms. The van der Waals surface area contributed by atoms with E-state index in [9.17, 15) is 9.59 Å². The molecule has 0 spiro atoms. The van der Waals surface area contributed by atoms with Gasteiger partial charge in [0, 0.05) is 36.6 Å². The molecule has 0 aliphatic carbocycles. The molecule has 0 saturated carbocycles. The van der Waals surface area contributed by atoms with Gasteiger partial charge >= 0.3 is 0 Å². The van der Waals surface area contributed by atoms with Crippen LogP contribution in [-0.2, 0) is 54.0 Å². The Hall–Kier alpha value is -2.82. The normalized spacial score (nSPS) is 11.6. The van der Waals surface area contributed by atoms with Crippen molar-refractivity contribution in [3.05, 3.63) is 30.5 Å². The summed E-state index contributed by atoms with van der Waals surface area (Å²) < 4.78 is 46.0. The molecule has 1 N–H and O–H groups in total. The van der Waals surface area contributed by atoms with Crippen molar-refractivity contribution in [1.82, 2.24) is 15.0 Å². The standard InChI is InChI=1S/C39H66N4O10/c1-33(2)8-5-6-9-37(44)10-7-16-46-18-20-48-22-24-50-26-28-52-30-31-53-29-27-51-25-23-49-21-19-47-17-15-43-32-38(41-42-43)35-11-13-36(14-12-35)40-39(45)34(3)4/h11-14,32-34H,5-10,15-31H2,1-4H3,(H,40,45). The minimum Gasteiger partial charge on any atom is -0.379 e. The maximum Gasteiger partial charge on any atom is 0.226 e. The largest absolute Gasteiger partial charge is 0.379 e. The van der Waals surface area contributed by atoms with Crippen molar-refractivity contribution in [3.8, 4) is 11.3 Å². The molecule has 0 saturated heterocycles. The van der Waals surface area contributed by atoms with E-state index in [2.05, 4.69) is 29.5 Å². The Labute approximate surface area is 316 Å². The van der Waals surface area contributed by atoms with Crippen LogP contribution in [0.15, 0.2) is 30.5 Å². The van der Waals surface area contributed by atoms with Crippen LogP contribution in [0, 0.1) is 11.8 Å². The summed E-state index contributed by atoms with van der Waals surface area (Å²) in [6.07, 6.45) is 7.28. The number of hydrogen-bond acceptors (Lipinski definition) is 12. The summed E-state index contributed by atoms with van der Waals surface area (Å²) in [5.41, 5.74) is 2.43. The molecule has 1 heterocycles. The molecule has 0 bridgehead atoms. The van der Waals surface area contributed by atoms with Gasteiger partial charge in [0.1, 0.15) is 11.5 Å². The van der Waals surface area contributed by atoms with Crippen molar-refractivity contribution in [2.24, 2.45) is 11.8 Å². The van der Waals surface area contributed by atoms with Crippen LogP contribution in [0.2, 0.25) is 0 Å². The van der Waals surface area contributed by atoms with Gasteiger partial charge in [0.05, 0.1) is 112 Å². The van der Waals surface area contributed by atoms with Gasteiger partial charge in [-0.3, -0.25) is 9.59 Å². The highest BCUT2D eigenvalue weighted by molar-refractivity contribution is 5.92. The smallest absolute Gasteiger partial charge is 0.226 e. The number of nitrogens with one attached hydrogen (secondary N) is 1. The van der Waals surface area contributed by atoms with E-state index in [-0.39, 0.29) is 11.8 Å². The Morgan fingerprint density at radius 1 is 0.604 bits per heavy atom. The van der Waals surface area contributed by atoms with E-state index in [4.69, 9.17) is 37.9 Å². The highest BCUT2D eigenvalue weighted by Gasteiger charge is 2.09. The number of hydrogen-bond donors (Lipinski definition) is 1. The lowest BCUT2D eigenvalue weighted by Crippen LogP contribution is -2.17. The summed E-state index contributed by atoms with van der Waals surface area (Å²) in [5.74, 6) is 0.963. The number of anilines is 1. The third kappa shape index (κ3) is 25.8. The number of carbonyl (C=O) groups excluding carboxylic acids is 2. The van der Waals surface area contributed by atoms with E-state index in [1.165, 1.54) is 6.42 Å². The molecule has 0 atom stereocenters. The SMILES string of the molecule is CC(C)CCCCC(=O)CCCOCCOCCOCCOCCOCCOCCOCCOCCn1cc(-c2ccc(NC(=O)C(C)C)cc2)nn1. The summed E-state index contributed by atoms with van der Waals surface area (Å²) >= 11 is 0. The number of unbranched alkanes of at least 4 members (excludes halogenated alkanes) is 1. The maximum absolute atomic E-state index is 11.9. The minimum atomic E-state index is -0.0733. The number of Topliss-reactive ketones (excluding diaryl/α,β-unsaturated/α-hetero) is 1. The lowest BCUT2D eigenvalue weighted by atomic mass is 10.0. The first-order valence-electron chi connectivity index (χ1n) is 19.3. The topological polar surface area (TPSA) is 151 Å². The number of rotatable bonds is 36. The van der Waals surface area contributed by atoms with Crippen LogP contribution in [0.1, 0.15) is 66.2 Å². The average Bonchev–Trinajstić information content (AvgIpc) is 3.62. The number of benzene rings is 1. The third-order valence-electron chi connectivity index (χ3n) is 7.81. The van der Waals surface area contributed by atoms with Crippen LogP contribution in [0.3, 0.4) is 0 Å². The molecule has 0 fully saturated rings. The first-order valence-corrected chi connectivity index (χ1v) is 19.3. The molecule has 302 valence electrons. The molecular weight excluding hydrogens is 684 g/mol. The maximum atomic E-state index is 11.9. The zero-order valence-corrected chi connectivity index (χ0v) is 32.7. The molecule has 2 aromatic rings. The Kier molecular flexibility index (Phi) is 27.6. The molecule has 1 aromatic carbocycles. The fourth-order valence-electron chi connectivity index (χ4n) is 4.72. The number of amides is 1. The van der Waals surface area contributed by atoms with Crippen molar-refractivity contribution in [2.45, 2.75) is 72.8 Å². The van der Waals surface area contributed by atoms with Crippen molar-refractivity contribution in [1.29, 1.82) is 0 Å². The first-order chi connectivity index (χ1) is 25.8. The zero-order valence-electron chi connectivity index (χ0n) is 32.7. The van der Waals surface area contributed by atoms with Gasteiger partial charge in [-0.05, 0) is 30.9 Å². The molecule has 0 unspecified atom stereocenters. The summed E-state index contributed by atoms with van der Waals surface area (Å²) in [4.78, 5) is 23.7. The summed E-state index contributed by atoms with van der Waals surface area (Å²) in [6.45, 7) is 16.8. The molecule has 1 amide bonds. The number of carbonyl (C=O) groups is 2. The number of ketones is 1. The Morgan fingerprint density at radius 2 is 1.06 bits per heavy atom. The number of ether oxygens (including phenoxy) is 8. The lowest BCUT2D eigenvalue weighted by molar-refractivity contribution is -0.120. The van der Waals surface area contributed by atoms with E-state index in [0.717, 1.165) is 36.2 Å². The molecule has 0 radical (unpaired) electrons. The van der Waals surface area contributed by atoms with Crippen molar-refractivity contribution >= 4 is 17.4 Å². The molecule has 14 heteroatoms. The van der Waals surface area contributed by atoms with Crippen LogP contribution in [0.5, 0.6) is 0 Å². The molecule has 14 nitrogen and oxygen atoms in total. The first kappa shape index (κ1) is 46.3. The third-order valence-corrected chi connectivity index (χ3v) is 7.81. The molecular formula is C39H66N4O10. The molecule has 1 aromatic heterocycles. The lowest BCUT2D eigenvalue weighted by Gasteiger charge is -2.09. The number of aromatic nitrogens is 3. The van der Waals surface area contributed by atoms with Gasteiger partial charge in [-0.1, -0.05) is 57.9 Å². The minimum absolute atomic E-state index is 0.0149. The van der Waals surface area contributed by atoms with Gasteiger partial charge in [0.25, 0.3) is 0 Å². The van der Waals surface area contributed by atoms with Gasteiger partial charge < -0.3 is 43.2 Å². The Bertz CT molecular complexity index is 1180. The van der Waals surface area contributed by atoms with Crippen molar-refractivity contribution < 1.29 is 47.5 Å². The molecule has 0 aliphatic heterocycles. The predicted molar refractivity (Wildman–Crippen MR) is 203 cm³/mol. The monoisotopic (exact) mass is 750 g/mol. The average molecular weight is 751 g/mol. The fraction of sp³-hybridized carbons (Fsp3) is 0.744. The zero-order chi connectivity index (χ0) is 38.2. The molecule has 2 rings (SSSR count). The van der Waals surface area contributed by atoms with E-state index < -0.39 is 0 Å². The second-order valence-corrected chi connectivity index (χ2v) is 13.3. The van der Waals surface area contributed by atoms with E-state index >= 15 is 0 Å². The summed E-state index contributed by atoms with van der Waals surface area (Å²) in [6, 6.07) is 7.54. The van der Waals surface area contributed by atoms with Crippen molar-refractivity contribution in [2.75, 3.05) is 111 Å². The Morgan fingerprint density at radius 3 is 1.53 bits per heavy atom. The van der Waals surface area contributed by atoms with Gasteiger partial charge in [0.15, 0.2) is 0 Å². The van der Waals surface area contributed by atoms with Gasteiger partial charge in [-0.25, -0.2) is 4.68 Å². The summed E-state index contributed by atoms with van der Waals surface area (Å²) in [5, 5.41) is 11.3. The van der Waals surface area contributed by atoms with Crippen LogP contribution in [0.25, 0.3) is 11.3 Å². The van der Waals surface area contributed by atoms with Gasteiger partial charge in [0.2, 0.25) is 5.91 Å². The van der Waals surface area contributed by atoms with Crippen LogP contribution >= 0.6 is 0 Å². The highest BCUT2D eigenvalue weighted by atomic mass is 16.6. The highest BCUT2D eigenvalue weighted by Crippen LogP contribution is 2.19. The van der Waals surface area contributed by atoms with Gasteiger partial charge in [-0.2, -0.15) is 0 Å². The quantitative estimate of drug-likeness (QED) is 0.0908. The molecule has 0 aliphatic rings. The second-order valence-electron chi connectivity index (χ2n) is 13.3. The predicted octanol–water partition coefficient (Wildman–Crippen LogP) is 5.24. The number of nitrogens with zero attached hydrogens (tertiary/aromatic N) is 3. The fourth-order valence-corrected chi connectivity index (χ4v) is 4.72. The van der Waals surface area contributed by atoms with Crippen molar-refractivity contribution in [3.63, 3.8) is 0 Å². The Balaban J connectivity index is 1.25.